The standard InChI is InChI=1S/C23H25FN2O2/c1-27-18-11-10-17(22(15-18)28-2)16-26-14-6-13-25-12-5-9-21(25)23(26)19-7-3-4-8-20(19)24/h3-5,7-12,15,23H,6,13-14,16H2,1-2H3. The molecule has 0 radical (unpaired) electrons. The van der Waals surface area contributed by atoms with Gasteiger partial charge in [-0.2, -0.15) is 0 Å². The molecule has 0 amide bonds. The molecule has 0 saturated carbocycles. The van der Waals surface area contributed by atoms with Gasteiger partial charge in [0.25, 0.3) is 0 Å². The molecule has 1 aromatic heterocycles. The van der Waals surface area contributed by atoms with Gasteiger partial charge in [0.05, 0.1) is 20.3 Å². The number of aryl methyl sites for hydroxylation is 1. The SMILES string of the molecule is COc1ccc(CN2CCCn3cccc3C2c2ccccc2F)c(OC)c1. The Balaban J connectivity index is 1.75. The van der Waals surface area contributed by atoms with Crippen molar-refractivity contribution < 1.29 is 13.9 Å². The number of rotatable bonds is 5. The maximum atomic E-state index is 14.8. The average Bonchev–Trinajstić information content (AvgIpc) is 3.11. The van der Waals surface area contributed by atoms with E-state index < -0.39 is 0 Å². The Kier molecular flexibility index (Phi) is 5.35. The van der Waals surface area contributed by atoms with Gasteiger partial charge < -0.3 is 14.0 Å². The van der Waals surface area contributed by atoms with E-state index in [0.717, 1.165) is 42.3 Å². The van der Waals surface area contributed by atoms with Gasteiger partial charge in [-0.25, -0.2) is 4.39 Å². The molecule has 4 rings (SSSR count). The third-order valence-electron chi connectivity index (χ3n) is 5.42. The second kappa shape index (κ2) is 8.07. The fourth-order valence-electron chi connectivity index (χ4n) is 4.06. The Hall–Kier alpha value is -2.79. The monoisotopic (exact) mass is 380 g/mol. The van der Waals surface area contributed by atoms with Crippen molar-refractivity contribution in [1.29, 1.82) is 0 Å². The van der Waals surface area contributed by atoms with Crippen molar-refractivity contribution in [2.75, 3.05) is 20.8 Å². The van der Waals surface area contributed by atoms with Gasteiger partial charge in [0.2, 0.25) is 0 Å². The van der Waals surface area contributed by atoms with Gasteiger partial charge in [-0.15, -0.1) is 0 Å². The largest absolute Gasteiger partial charge is 0.497 e. The van der Waals surface area contributed by atoms with Crippen LogP contribution in [0.25, 0.3) is 0 Å². The fraction of sp³-hybridized carbons (Fsp3) is 0.304. The number of nitrogens with zero attached hydrogens (tertiary/aromatic N) is 2. The molecule has 2 heterocycles. The second-order valence-electron chi connectivity index (χ2n) is 7.05. The summed E-state index contributed by atoms with van der Waals surface area (Å²) < 4.78 is 27.9. The lowest BCUT2D eigenvalue weighted by Gasteiger charge is -2.31. The highest BCUT2D eigenvalue weighted by atomic mass is 19.1. The summed E-state index contributed by atoms with van der Waals surface area (Å²) in [5.74, 6) is 1.37. The summed E-state index contributed by atoms with van der Waals surface area (Å²) in [6, 6.07) is 16.9. The van der Waals surface area contributed by atoms with Gasteiger partial charge in [-0.1, -0.05) is 24.3 Å². The first-order chi connectivity index (χ1) is 13.7. The minimum atomic E-state index is -0.172. The molecular formula is C23H25FN2O2. The maximum absolute atomic E-state index is 14.8. The molecule has 2 aromatic carbocycles. The Morgan fingerprint density at radius 2 is 1.86 bits per heavy atom. The first-order valence-corrected chi connectivity index (χ1v) is 9.55. The Bertz CT molecular complexity index is 953. The van der Waals surface area contributed by atoms with Crippen molar-refractivity contribution >= 4 is 0 Å². The van der Waals surface area contributed by atoms with Gasteiger partial charge in [-0.05, 0) is 30.7 Å². The molecule has 0 bridgehead atoms. The molecule has 0 spiro atoms. The zero-order valence-electron chi connectivity index (χ0n) is 16.3. The van der Waals surface area contributed by atoms with E-state index in [1.807, 2.05) is 36.4 Å². The molecule has 1 unspecified atom stereocenters. The van der Waals surface area contributed by atoms with E-state index in [2.05, 4.69) is 21.7 Å². The third kappa shape index (κ3) is 3.50. The molecular weight excluding hydrogens is 355 g/mol. The first-order valence-electron chi connectivity index (χ1n) is 9.55. The zero-order chi connectivity index (χ0) is 19.5. The molecule has 3 aromatic rings. The van der Waals surface area contributed by atoms with E-state index in [0.29, 0.717) is 12.1 Å². The third-order valence-corrected chi connectivity index (χ3v) is 5.42. The minimum absolute atomic E-state index is 0.148. The number of ether oxygens (including phenoxy) is 2. The summed E-state index contributed by atoms with van der Waals surface area (Å²) in [5, 5.41) is 0. The summed E-state index contributed by atoms with van der Waals surface area (Å²) in [4.78, 5) is 2.33. The molecule has 1 aliphatic heterocycles. The van der Waals surface area contributed by atoms with Crippen molar-refractivity contribution in [3.8, 4) is 11.5 Å². The highest BCUT2D eigenvalue weighted by molar-refractivity contribution is 5.41. The van der Waals surface area contributed by atoms with Crippen molar-refractivity contribution in [3.05, 3.63) is 83.4 Å². The van der Waals surface area contributed by atoms with Crippen LogP contribution < -0.4 is 9.47 Å². The lowest BCUT2D eigenvalue weighted by atomic mass is 10.00. The Labute approximate surface area is 165 Å². The van der Waals surface area contributed by atoms with E-state index in [4.69, 9.17) is 9.47 Å². The summed E-state index contributed by atoms with van der Waals surface area (Å²) in [6.07, 6.45) is 3.09. The topological polar surface area (TPSA) is 26.6 Å². The maximum Gasteiger partial charge on any atom is 0.128 e. The second-order valence-corrected chi connectivity index (χ2v) is 7.05. The van der Waals surface area contributed by atoms with E-state index >= 15 is 0 Å². The molecule has 28 heavy (non-hydrogen) atoms. The van der Waals surface area contributed by atoms with Crippen LogP contribution in [0.15, 0.2) is 60.8 Å². The highest BCUT2D eigenvalue weighted by Gasteiger charge is 2.29. The molecule has 4 nitrogen and oxygen atoms in total. The molecule has 1 aliphatic rings. The quantitative estimate of drug-likeness (QED) is 0.645. The normalized spacial score (nSPS) is 17.0. The van der Waals surface area contributed by atoms with Crippen LogP contribution >= 0.6 is 0 Å². The number of benzene rings is 2. The summed E-state index contributed by atoms with van der Waals surface area (Å²) in [6.45, 7) is 2.47. The fourth-order valence-corrected chi connectivity index (χ4v) is 4.06. The van der Waals surface area contributed by atoms with Gasteiger partial charge in [0, 0.05) is 48.7 Å². The highest BCUT2D eigenvalue weighted by Crippen LogP contribution is 2.36. The minimum Gasteiger partial charge on any atom is -0.497 e. The van der Waals surface area contributed by atoms with Gasteiger partial charge in [0.15, 0.2) is 0 Å². The summed E-state index contributed by atoms with van der Waals surface area (Å²) >= 11 is 0. The predicted octanol–water partition coefficient (Wildman–Crippen LogP) is 4.64. The molecule has 0 aliphatic carbocycles. The van der Waals surface area contributed by atoms with Gasteiger partial charge >= 0.3 is 0 Å². The molecule has 0 N–H and O–H groups in total. The number of fused-ring (bicyclic) bond motifs is 1. The van der Waals surface area contributed by atoms with Crippen LogP contribution in [0.2, 0.25) is 0 Å². The summed E-state index contributed by atoms with van der Waals surface area (Å²) in [5.41, 5.74) is 2.89. The van der Waals surface area contributed by atoms with Gasteiger partial charge in [0.1, 0.15) is 17.3 Å². The van der Waals surface area contributed by atoms with Crippen LogP contribution in [0.1, 0.15) is 29.3 Å². The van der Waals surface area contributed by atoms with E-state index in [1.165, 1.54) is 0 Å². The van der Waals surface area contributed by atoms with Crippen molar-refractivity contribution in [2.24, 2.45) is 0 Å². The Morgan fingerprint density at radius 1 is 1.00 bits per heavy atom. The smallest absolute Gasteiger partial charge is 0.128 e. The van der Waals surface area contributed by atoms with Crippen LogP contribution in [0.5, 0.6) is 11.5 Å². The molecule has 1 atom stereocenters. The lowest BCUT2D eigenvalue weighted by molar-refractivity contribution is 0.213. The number of hydrogen-bond donors (Lipinski definition) is 0. The van der Waals surface area contributed by atoms with Crippen LogP contribution in [0, 0.1) is 5.82 Å². The zero-order valence-corrected chi connectivity index (χ0v) is 16.3. The Morgan fingerprint density at radius 3 is 2.64 bits per heavy atom. The van der Waals surface area contributed by atoms with Crippen LogP contribution in [-0.2, 0) is 13.1 Å². The number of hydrogen-bond acceptors (Lipinski definition) is 3. The van der Waals surface area contributed by atoms with Crippen LogP contribution in [0.3, 0.4) is 0 Å². The van der Waals surface area contributed by atoms with Crippen LogP contribution in [0.4, 0.5) is 4.39 Å². The van der Waals surface area contributed by atoms with Crippen molar-refractivity contribution in [1.82, 2.24) is 9.47 Å². The number of methoxy groups -OCH3 is 2. The molecule has 0 fully saturated rings. The molecule has 5 heteroatoms. The molecule has 146 valence electrons. The predicted molar refractivity (Wildman–Crippen MR) is 107 cm³/mol. The van der Waals surface area contributed by atoms with E-state index in [-0.39, 0.29) is 11.9 Å². The number of aromatic nitrogens is 1. The van der Waals surface area contributed by atoms with Crippen LogP contribution in [-0.4, -0.2) is 30.2 Å². The van der Waals surface area contributed by atoms with E-state index in [1.54, 1.807) is 26.4 Å². The van der Waals surface area contributed by atoms with Gasteiger partial charge in [-0.3, -0.25) is 4.90 Å². The average molecular weight is 380 g/mol. The van der Waals surface area contributed by atoms with E-state index in [9.17, 15) is 4.39 Å². The number of halogens is 1. The molecule has 0 saturated heterocycles. The van der Waals surface area contributed by atoms with Crippen molar-refractivity contribution in [2.45, 2.75) is 25.6 Å². The summed E-state index contributed by atoms with van der Waals surface area (Å²) in [7, 11) is 3.31. The lowest BCUT2D eigenvalue weighted by Crippen LogP contribution is -2.30. The first kappa shape index (κ1) is 18.6. The van der Waals surface area contributed by atoms with Crippen molar-refractivity contribution in [3.63, 3.8) is 0 Å².